The average molecular weight is 298 g/mol. The van der Waals surface area contributed by atoms with E-state index in [2.05, 4.69) is 10.2 Å². The van der Waals surface area contributed by atoms with Gasteiger partial charge in [-0.2, -0.15) is 0 Å². The van der Waals surface area contributed by atoms with Gasteiger partial charge in [-0.25, -0.2) is 0 Å². The van der Waals surface area contributed by atoms with Crippen molar-refractivity contribution in [1.29, 1.82) is 0 Å². The summed E-state index contributed by atoms with van der Waals surface area (Å²) in [7, 11) is 1.99. The Hall–Kier alpha value is -1.17. The number of halogens is 1. The van der Waals surface area contributed by atoms with Crippen molar-refractivity contribution in [3.05, 3.63) is 38.9 Å². The van der Waals surface area contributed by atoms with Crippen LogP contribution in [0.15, 0.2) is 18.2 Å². The van der Waals surface area contributed by atoms with Crippen molar-refractivity contribution in [2.75, 3.05) is 26.7 Å². The molecule has 0 aromatic heterocycles. The highest BCUT2D eigenvalue weighted by atomic mass is 35.5. The molecule has 1 saturated heterocycles. The first-order chi connectivity index (χ1) is 9.58. The van der Waals surface area contributed by atoms with Crippen molar-refractivity contribution in [3.8, 4) is 0 Å². The molecular weight excluding hydrogens is 278 g/mol. The molecule has 5 nitrogen and oxygen atoms in total. The summed E-state index contributed by atoms with van der Waals surface area (Å²) in [6, 6.07) is 4.84. The van der Waals surface area contributed by atoms with E-state index >= 15 is 0 Å². The van der Waals surface area contributed by atoms with Gasteiger partial charge in [-0.1, -0.05) is 17.7 Å². The molecule has 1 atom stereocenters. The molecule has 2 rings (SSSR count). The van der Waals surface area contributed by atoms with E-state index in [0.29, 0.717) is 23.0 Å². The fourth-order valence-corrected chi connectivity index (χ4v) is 2.96. The van der Waals surface area contributed by atoms with Gasteiger partial charge in [0.1, 0.15) is 0 Å². The van der Waals surface area contributed by atoms with Crippen LogP contribution in [-0.2, 0) is 6.54 Å². The van der Waals surface area contributed by atoms with Gasteiger partial charge < -0.3 is 10.2 Å². The first kappa shape index (κ1) is 15.2. The number of nitro benzene ring substituents is 1. The van der Waals surface area contributed by atoms with Gasteiger partial charge in [-0.15, -0.1) is 0 Å². The lowest BCUT2D eigenvalue weighted by Gasteiger charge is -2.27. The maximum absolute atomic E-state index is 11.1. The molecule has 0 saturated carbocycles. The molecule has 0 radical (unpaired) electrons. The van der Waals surface area contributed by atoms with Crippen LogP contribution >= 0.6 is 11.6 Å². The summed E-state index contributed by atoms with van der Waals surface area (Å²) in [5.41, 5.74) is 0.705. The van der Waals surface area contributed by atoms with E-state index < -0.39 is 0 Å². The van der Waals surface area contributed by atoms with Crippen LogP contribution in [0.25, 0.3) is 0 Å². The van der Waals surface area contributed by atoms with Gasteiger partial charge in [0, 0.05) is 19.2 Å². The fourth-order valence-electron chi connectivity index (χ4n) is 2.73. The highest BCUT2D eigenvalue weighted by Gasteiger charge is 2.20. The Kier molecular flexibility index (Phi) is 5.34. The van der Waals surface area contributed by atoms with Gasteiger partial charge in [0.2, 0.25) is 0 Å². The van der Waals surface area contributed by atoms with Crippen LogP contribution < -0.4 is 5.32 Å². The highest BCUT2D eigenvalue weighted by Crippen LogP contribution is 2.27. The van der Waals surface area contributed by atoms with Crippen molar-refractivity contribution in [3.63, 3.8) is 0 Å². The molecule has 0 aliphatic carbocycles. The molecular formula is C14H20ClN3O2. The van der Waals surface area contributed by atoms with Crippen LogP contribution in [0.1, 0.15) is 18.4 Å². The van der Waals surface area contributed by atoms with E-state index in [1.54, 1.807) is 12.1 Å². The number of benzene rings is 1. The van der Waals surface area contributed by atoms with Crippen molar-refractivity contribution >= 4 is 17.3 Å². The van der Waals surface area contributed by atoms with E-state index in [4.69, 9.17) is 11.6 Å². The third-order valence-corrected chi connectivity index (χ3v) is 4.04. The summed E-state index contributed by atoms with van der Waals surface area (Å²) >= 11 is 6.12. The molecule has 1 fully saturated rings. The molecule has 1 aromatic rings. The lowest BCUT2D eigenvalue weighted by Crippen LogP contribution is -2.36. The lowest BCUT2D eigenvalue weighted by atomic mass is 9.99. The summed E-state index contributed by atoms with van der Waals surface area (Å²) < 4.78 is 0. The Morgan fingerprint density at radius 1 is 1.55 bits per heavy atom. The maximum Gasteiger partial charge on any atom is 0.275 e. The zero-order valence-electron chi connectivity index (χ0n) is 11.6. The van der Waals surface area contributed by atoms with Crippen LogP contribution in [0.4, 0.5) is 5.69 Å². The monoisotopic (exact) mass is 297 g/mol. The van der Waals surface area contributed by atoms with Crippen LogP contribution in [0.3, 0.4) is 0 Å². The van der Waals surface area contributed by atoms with E-state index in [1.165, 1.54) is 18.9 Å². The number of rotatable bonds is 5. The van der Waals surface area contributed by atoms with E-state index in [0.717, 1.165) is 19.6 Å². The topological polar surface area (TPSA) is 58.4 Å². The molecule has 1 unspecified atom stereocenters. The SMILES string of the molecule is CN(Cc1c(Cl)cccc1[N+](=O)[O-])CC1CCCNC1. The van der Waals surface area contributed by atoms with Crippen LogP contribution in [-0.4, -0.2) is 36.5 Å². The summed E-state index contributed by atoms with van der Waals surface area (Å²) in [5, 5.41) is 14.9. The summed E-state index contributed by atoms with van der Waals surface area (Å²) in [4.78, 5) is 12.8. The quantitative estimate of drug-likeness (QED) is 0.670. The van der Waals surface area contributed by atoms with Crippen LogP contribution in [0.5, 0.6) is 0 Å². The lowest BCUT2D eigenvalue weighted by molar-refractivity contribution is -0.385. The number of hydrogen-bond acceptors (Lipinski definition) is 4. The van der Waals surface area contributed by atoms with E-state index in [-0.39, 0.29) is 10.6 Å². The molecule has 110 valence electrons. The number of nitro groups is 1. The smallest absolute Gasteiger partial charge is 0.275 e. The van der Waals surface area contributed by atoms with Gasteiger partial charge in [0.25, 0.3) is 5.69 Å². The Bertz CT molecular complexity index is 475. The number of piperidine rings is 1. The molecule has 6 heteroatoms. The standard InChI is InChI=1S/C14H20ClN3O2/c1-17(9-11-4-3-7-16-8-11)10-12-13(15)5-2-6-14(12)18(19)20/h2,5-6,11,16H,3-4,7-10H2,1H3. The Labute approximate surface area is 124 Å². The van der Waals surface area contributed by atoms with Crippen molar-refractivity contribution in [2.45, 2.75) is 19.4 Å². The van der Waals surface area contributed by atoms with Gasteiger partial charge >= 0.3 is 0 Å². The Morgan fingerprint density at radius 3 is 3.00 bits per heavy atom. The Morgan fingerprint density at radius 2 is 2.35 bits per heavy atom. The van der Waals surface area contributed by atoms with Gasteiger partial charge in [-0.05, 0) is 45.0 Å². The minimum Gasteiger partial charge on any atom is -0.316 e. The summed E-state index contributed by atoms with van der Waals surface area (Å²) in [5.74, 6) is 0.607. The molecule has 1 aromatic carbocycles. The molecule has 20 heavy (non-hydrogen) atoms. The molecule has 1 aliphatic rings. The third kappa shape index (κ3) is 3.91. The molecule has 1 heterocycles. The fraction of sp³-hybridized carbons (Fsp3) is 0.571. The largest absolute Gasteiger partial charge is 0.316 e. The number of nitrogens with zero attached hydrogens (tertiary/aromatic N) is 2. The van der Waals surface area contributed by atoms with Crippen LogP contribution in [0, 0.1) is 16.0 Å². The first-order valence-corrected chi connectivity index (χ1v) is 7.26. The number of hydrogen-bond donors (Lipinski definition) is 1. The van der Waals surface area contributed by atoms with Crippen molar-refractivity contribution in [1.82, 2.24) is 10.2 Å². The van der Waals surface area contributed by atoms with Gasteiger partial charge in [-0.3, -0.25) is 10.1 Å². The predicted molar refractivity (Wildman–Crippen MR) is 80.0 cm³/mol. The second-order valence-electron chi connectivity index (χ2n) is 5.40. The van der Waals surface area contributed by atoms with Crippen molar-refractivity contribution in [2.24, 2.45) is 5.92 Å². The van der Waals surface area contributed by atoms with Gasteiger partial charge in [0.15, 0.2) is 0 Å². The van der Waals surface area contributed by atoms with Crippen molar-refractivity contribution < 1.29 is 4.92 Å². The normalized spacial score (nSPS) is 19.2. The minimum absolute atomic E-state index is 0.103. The third-order valence-electron chi connectivity index (χ3n) is 3.69. The number of nitrogens with one attached hydrogen (secondary N) is 1. The predicted octanol–water partition coefficient (Wildman–Crippen LogP) is 2.68. The minimum atomic E-state index is -0.364. The summed E-state index contributed by atoms with van der Waals surface area (Å²) in [6.07, 6.45) is 2.41. The molecule has 0 bridgehead atoms. The average Bonchev–Trinajstić information content (AvgIpc) is 2.42. The molecule has 0 amide bonds. The zero-order valence-corrected chi connectivity index (χ0v) is 12.4. The van der Waals surface area contributed by atoms with Crippen LogP contribution in [0.2, 0.25) is 5.02 Å². The first-order valence-electron chi connectivity index (χ1n) is 6.89. The maximum atomic E-state index is 11.1. The van der Waals surface area contributed by atoms with E-state index in [1.807, 2.05) is 7.05 Å². The zero-order chi connectivity index (χ0) is 14.5. The van der Waals surface area contributed by atoms with Gasteiger partial charge in [0.05, 0.1) is 15.5 Å². The molecule has 1 aliphatic heterocycles. The second kappa shape index (κ2) is 7.02. The molecule has 0 spiro atoms. The Balaban J connectivity index is 2.03. The second-order valence-corrected chi connectivity index (χ2v) is 5.81. The summed E-state index contributed by atoms with van der Waals surface area (Å²) in [6.45, 7) is 3.55. The van der Waals surface area contributed by atoms with E-state index in [9.17, 15) is 10.1 Å². The highest BCUT2D eigenvalue weighted by molar-refractivity contribution is 6.31. The molecule has 1 N–H and O–H groups in total.